The van der Waals surface area contributed by atoms with Gasteiger partial charge in [0.05, 0.1) is 5.69 Å². The Morgan fingerprint density at radius 1 is 1.21 bits per heavy atom. The van der Waals surface area contributed by atoms with Crippen molar-refractivity contribution in [3.63, 3.8) is 0 Å². The topological polar surface area (TPSA) is 62.3 Å². The van der Waals surface area contributed by atoms with Crippen LogP contribution in [0.5, 0.6) is 0 Å². The number of benzene rings is 2. The van der Waals surface area contributed by atoms with Gasteiger partial charge in [-0.2, -0.15) is 0 Å². The molecule has 0 bridgehead atoms. The molecular formula is C22H18ClN3O2S. The summed E-state index contributed by atoms with van der Waals surface area (Å²) in [6.45, 7) is 2.29. The first-order valence-corrected chi connectivity index (χ1v) is 10.4. The monoisotopic (exact) mass is 423 g/mol. The van der Waals surface area contributed by atoms with Crippen molar-refractivity contribution in [1.82, 2.24) is 4.98 Å². The van der Waals surface area contributed by atoms with E-state index in [-0.39, 0.29) is 11.8 Å². The number of carbonyl (C=O) groups is 2. The lowest BCUT2D eigenvalue weighted by Crippen LogP contribution is -2.25. The summed E-state index contributed by atoms with van der Waals surface area (Å²) in [6, 6.07) is 13.3. The van der Waals surface area contributed by atoms with E-state index >= 15 is 0 Å². The average molecular weight is 424 g/mol. The van der Waals surface area contributed by atoms with Gasteiger partial charge in [0.15, 0.2) is 5.13 Å². The molecule has 1 aliphatic heterocycles. The van der Waals surface area contributed by atoms with Crippen LogP contribution in [0.2, 0.25) is 5.02 Å². The van der Waals surface area contributed by atoms with Gasteiger partial charge < -0.3 is 4.90 Å². The van der Waals surface area contributed by atoms with Crippen molar-refractivity contribution >= 4 is 51.6 Å². The van der Waals surface area contributed by atoms with E-state index in [1.165, 1.54) is 23.0 Å². The number of rotatable bonds is 4. The number of halogens is 1. The Balaban J connectivity index is 1.46. The molecule has 146 valence electrons. The van der Waals surface area contributed by atoms with Crippen molar-refractivity contribution in [1.29, 1.82) is 0 Å². The van der Waals surface area contributed by atoms with Crippen LogP contribution in [0.1, 0.15) is 18.1 Å². The highest BCUT2D eigenvalue weighted by Gasteiger charge is 2.22. The average Bonchev–Trinajstić information content (AvgIpc) is 3.34. The minimum atomic E-state index is -0.252. The standard InChI is InChI=1S/C22H18ClN3O2S/c1-14(27)26-11-10-16-5-6-17(12-20(16)26)19-13-29-22(24-19)25-21(28)9-4-15-2-7-18(23)8-3-15/h2-9,12-13H,10-11H2,1H3,(H,24,25,28)/b9-4+. The number of amides is 2. The molecule has 0 spiro atoms. The summed E-state index contributed by atoms with van der Waals surface area (Å²) in [5, 5.41) is 5.86. The Labute approximate surface area is 177 Å². The van der Waals surface area contributed by atoms with Gasteiger partial charge in [0, 0.05) is 41.2 Å². The molecule has 5 nitrogen and oxygen atoms in total. The molecule has 0 unspecified atom stereocenters. The fraction of sp³-hybridized carbons (Fsp3) is 0.136. The van der Waals surface area contributed by atoms with Gasteiger partial charge in [0.1, 0.15) is 0 Å². The maximum atomic E-state index is 12.2. The second kappa shape index (κ2) is 8.19. The van der Waals surface area contributed by atoms with Gasteiger partial charge in [-0.05, 0) is 41.8 Å². The van der Waals surface area contributed by atoms with E-state index in [0.29, 0.717) is 16.7 Å². The van der Waals surface area contributed by atoms with Crippen LogP contribution in [0.25, 0.3) is 17.3 Å². The third-order valence-electron chi connectivity index (χ3n) is 4.69. The summed E-state index contributed by atoms with van der Waals surface area (Å²) in [5.74, 6) is -0.211. The number of carbonyl (C=O) groups excluding carboxylic acids is 2. The summed E-state index contributed by atoms with van der Waals surface area (Å²) in [5.41, 5.74) is 4.69. The lowest BCUT2D eigenvalue weighted by molar-refractivity contribution is -0.116. The maximum absolute atomic E-state index is 12.2. The molecule has 2 heterocycles. The van der Waals surface area contributed by atoms with Gasteiger partial charge in [-0.15, -0.1) is 11.3 Å². The van der Waals surface area contributed by atoms with Crippen molar-refractivity contribution in [2.24, 2.45) is 0 Å². The zero-order valence-corrected chi connectivity index (χ0v) is 17.3. The summed E-state index contributed by atoms with van der Waals surface area (Å²) in [6.07, 6.45) is 4.05. The van der Waals surface area contributed by atoms with Crippen molar-refractivity contribution in [2.75, 3.05) is 16.8 Å². The molecule has 0 atom stereocenters. The largest absolute Gasteiger partial charge is 0.312 e. The predicted molar refractivity (Wildman–Crippen MR) is 118 cm³/mol. The van der Waals surface area contributed by atoms with Gasteiger partial charge in [0.25, 0.3) is 0 Å². The summed E-state index contributed by atoms with van der Waals surface area (Å²) >= 11 is 7.22. The number of nitrogens with zero attached hydrogens (tertiary/aromatic N) is 2. The molecule has 1 aliphatic rings. The van der Waals surface area contributed by atoms with Crippen LogP contribution in [-0.2, 0) is 16.0 Å². The van der Waals surface area contributed by atoms with Gasteiger partial charge >= 0.3 is 0 Å². The van der Waals surface area contributed by atoms with Gasteiger partial charge in [-0.1, -0.05) is 35.9 Å². The first-order chi connectivity index (χ1) is 14.0. The van der Waals surface area contributed by atoms with E-state index in [1.807, 2.05) is 35.7 Å². The highest BCUT2D eigenvalue weighted by atomic mass is 35.5. The minimum Gasteiger partial charge on any atom is -0.312 e. The zero-order valence-electron chi connectivity index (χ0n) is 15.7. The van der Waals surface area contributed by atoms with Crippen LogP contribution in [0.4, 0.5) is 10.8 Å². The Morgan fingerprint density at radius 3 is 2.76 bits per heavy atom. The highest BCUT2D eigenvalue weighted by Crippen LogP contribution is 2.34. The maximum Gasteiger partial charge on any atom is 0.250 e. The SMILES string of the molecule is CC(=O)N1CCc2ccc(-c3csc(NC(=O)/C=C/c4ccc(Cl)cc4)n3)cc21. The van der Waals surface area contributed by atoms with Crippen molar-refractivity contribution in [3.8, 4) is 11.3 Å². The van der Waals surface area contributed by atoms with Crippen LogP contribution in [0, 0.1) is 0 Å². The van der Waals surface area contributed by atoms with E-state index in [1.54, 1.807) is 30.0 Å². The molecule has 4 rings (SSSR count). The molecule has 3 aromatic rings. The molecule has 2 aromatic carbocycles. The second-order valence-electron chi connectivity index (χ2n) is 6.68. The molecule has 0 saturated heterocycles. The molecule has 7 heteroatoms. The summed E-state index contributed by atoms with van der Waals surface area (Å²) in [4.78, 5) is 30.3. The van der Waals surface area contributed by atoms with Crippen LogP contribution >= 0.6 is 22.9 Å². The van der Waals surface area contributed by atoms with Crippen molar-refractivity contribution in [3.05, 3.63) is 70.1 Å². The van der Waals surface area contributed by atoms with Gasteiger partial charge in [0.2, 0.25) is 11.8 Å². The molecule has 0 saturated carbocycles. The highest BCUT2D eigenvalue weighted by molar-refractivity contribution is 7.14. The number of thiazole rings is 1. The molecule has 0 radical (unpaired) electrons. The second-order valence-corrected chi connectivity index (χ2v) is 7.97. The molecule has 0 aliphatic carbocycles. The Morgan fingerprint density at radius 2 is 2.00 bits per heavy atom. The van der Waals surface area contributed by atoms with Gasteiger partial charge in [-0.3, -0.25) is 14.9 Å². The number of aromatic nitrogens is 1. The van der Waals surface area contributed by atoms with E-state index < -0.39 is 0 Å². The Hall–Kier alpha value is -2.96. The quantitative estimate of drug-likeness (QED) is 0.599. The van der Waals surface area contributed by atoms with E-state index in [0.717, 1.165) is 28.9 Å². The van der Waals surface area contributed by atoms with Crippen LogP contribution in [0.3, 0.4) is 0 Å². The Bertz CT molecular complexity index is 1110. The number of anilines is 2. The number of hydrogen-bond donors (Lipinski definition) is 1. The van der Waals surface area contributed by atoms with Crippen LogP contribution < -0.4 is 10.2 Å². The lowest BCUT2D eigenvalue weighted by atomic mass is 10.1. The lowest BCUT2D eigenvalue weighted by Gasteiger charge is -2.15. The van der Waals surface area contributed by atoms with E-state index in [2.05, 4.69) is 10.3 Å². The van der Waals surface area contributed by atoms with Gasteiger partial charge in [-0.25, -0.2) is 4.98 Å². The molecule has 0 fully saturated rings. The summed E-state index contributed by atoms with van der Waals surface area (Å²) < 4.78 is 0. The normalized spacial score (nSPS) is 13.0. The molecule has 1 N–H and O–H groups in total. The van der Waals surface area contributed by atoms with E-state index in [4.69, 9.17) is 11.6 Å². The van der Waals surface area contributed by atoms with Crippen molar-refractivity contribution in [2.45, 2.75) is 13.3 Å². The molecule has 2 amide bonds. The molecule has 29 heavy (non-hydrogen) atoms. The minimum absolute atomic E-state index is 0.0413. The third-order valence-corrected chi connectivity index (χ3v) is 5.70. The van der Waals surface area contributed by atoms with E-state index in [9.17, 15) is 9.59 Å². The van der Waals surface area contributed by atoms with Crippen LogP contribution in [0.15, 0.2) is 53.9 Å². The Kier molecular flexibility index (Phi) is 5.47. The predicted octanol–water partition coefficient (Wildman–Crippen LogP) is 5.02. The summed E-state index contributed by atoms with van der Waals surface area (Å²) in [7, 11) is 0. The number of fused-ring (bicyclic) bond motifs is 1. The van der Waals surface area contributed by atoms with Crippen LogP contribution in [-0.4, -0.2) is 23.3 Å². The molecule has 1 aromatic heterocycles. The molecular weight excluding hydrogens is 406 g/mol. The number of nitrogens with one attached hydrogen (secondary N) is 1. The fourth-order valence-electron chi connectivity index (χ4n) is 3.22. The first kappa shape index (κ1) is 19.4. The zero-order chi connectivity index (χ0) is 20.4. The third kappa shape index (κ3) is 4.39. The smallest absolute Gasteiger partial charge is 0.250 e. The number of hydrogen-bond acceptors (Lipinski definition) is 4. The fourth-order valence-corrected chi connectivity index (χ4v) is 4.07. The van der Waals surface area contributed by atoms with Crippen molar-refractivity contribution < 1.29 is 9.59 Å². The first-order valence-electron chi connectivity index (χ1n) is 9.11.